The van der Waals surface area contributed by atoms with Gasteiger partial charge >= 0.3 is 0 Å². The Morgan fingerprint density at radius 3 is 2.35 bits per heavy atom. The van der Waals surface area contributed by atoms with Crippen molar-refractivity contribution in [2.75, 3.05) is 26.2 Å². The number of sulfonamides is 1. The Balaban J connectivity index is 1.63. The molecular weight excluding hydrogens is 319 g/mol. The Morgan fingerprint density at radius 2 is 1.74 bits per heavy atom. The van der Waals surface area contributed by atoms with Crippen molar-refractivity contribution < 1.29 is 17.6 Å². The number of hydrogen-bond acceptors (Lipinski definition) is 3. The summed E-state index contributed by atoms with van der Waals surface area (Å²) in [5.74, 6) is -0.694. The first kappa shape index (κ1) is 16.4. The third-order valence-electron chi connectivity index (χ3n) is 4.68. The maximum absolute atomic E-state index is 13.2. The van der Waals surface area contributed by atoms with Crippen LogP contribution in [-0.4, -0.2) is 55.0 Å². The van der Waals surface area contributed by atoms with Crippen LogP contribution in [0.2, 0.25) is 0 Å². The van der Waals surface area contributed by atoms with Crippen LogP contribution in [-0.2, 0) is 10.0 Å². The minimum atomic E-state index is -3.25. The number of rotatable bonds is 3. The van der Waals surface area contributed by atoms with E-state index < -0.39 is 15.8 Å². The first-order valence-electron chi connectivity index (χ1n) is 8.02. The molecule has 1 aliphatic carbocycles. The summed E-state index contributed by atoms with van der Waals surface area (Å²) in [5, 5.41) is -0.257. The maximum Gasteiger partial charge on any atom is 0.254 e. The van der Waals surface area contributed by atoms with Gasteiger partial charge in [-0.2, -0.15) is 4.31 Å². The molecule has 3 rings (SSSR count). The molecule has 0 unspecified atom stereocenters. The smallest absolute Gasteiger partial charge is 0.254 e. The Kier molecular flexibility index (Phi) is 4.68. The van der Waals surface area contributed by atoms with Crippen LogP contribution in [0.15, 0.2) is 24.3 Å². The van der Waals surface area contributed by atoms with Crippen molar-refractivity contribution in [2.24, 2.45) is 0 Å². The number of carbonyl (C=O) groups is 1. The monoisotopic (exact) mass is 340 g/mol. The number of halogens is 1. The fourth-order valence-electron chi connectivity index (χ4n) is 3.35. The molecule has 0 N–H and O–H groups in total. The van der Waals surface area contributed by atoms with Gasteiger partial charge < -0.3 is 4.90 Å². The molecule has 1 aliphatic heterocycles. The average molecular weight is 340 g/mol. The highest BCUT2D eigenvalue weighted by Crippen LogP contribution is 2.27. The molecule has 0 radical (unpaired) electrons. The van der Waals surface area contributed by atoms with Gasteiger partial charge in [0.25, 0.3) is 5.91 Å². The van der Waals surface area contributed by atoms with Crippen molar-refractivity contribution in [2.45, 2.75) is 30.9 Å². The summed E-state index contributed by atoms with van der Waals surface area (Å²) in [6.07, 6.45) is 3.43. The van der Waals surface area contributed by atoms with Crippen LogP contribution in [0.3, 0.4) is 0 Å². The molecule has 23 heavy (non-hydrogen) atoms. The second-order valence-electron chi connectivity index (χ2n) is 6.15. The summed E-state index contributed by atoms with van der Waals surface area (Å²) < 4.78 is 39.8. The van der Waals surface area contributed by atoms with Crippen molar-refractivity contribution in [3.8, 4) is 0 Å². The molecule has 126 valence electrons. The zero-order valence-corrected chi connectivity index (χ0v) is 13.8. The first-order chi connectivity index (χ1) is 11.0. The number of benzene rings is 1. The van der Waals surface area contributed by atoms with Gasteiger partial charge in [-0.1, -0.05) is 18.9 Å². The van der Waals surface area contributed by atoms with Gasteiger partial charge in [0.1, 0.15) is 5.82 Å². The number of nitrogens with zero attached hydrogens (tertiary/aromatic N) is 2. The molecule has 1 amide bonds. The molecule has 7 heteroatoms. The highest BCUT2D eigenvalue weighted by Gasteiger charge is 2.36. The van der Waals surface area contributed by atoms with Crippen molar-refractivity contribution in [3.63, 3.8) is 0 Å². The Hall–Kier alpha value is -1.47. The molecule has 1 heterocycles. The Morgan fingerprint density at radius 1 is 1.09 bits per heavy atom. The molecule has 2 fully saturated rings. The van der Waals surface area contributed by atoms with Crippen molar-refractivity contribution in [1.82, 2.24) is 9.21 Å². The largest absolute Gasteiger partial charge is 0.336 e. The standard InChI is InChI=1S/C16H21FN2O3S/c17-14-5-3-4-13(12-14)16(20)18-8-10-19(11-9-18)23(21,22)15-6-1-2-7-15/h3-5,12,15H,1-2,6-11H2. The second kappa shape index (κ2) is 6.57. The maximum atomic E-state index is 13.2. The molecule has 1 aromatic rings. The molecule has 0 aromatic heterocycles. The van der Waals surface area contributed by atoms with Gasteiger partial charge in [-0.05, 0) is 31.0 Å². The molecule has 0 atom stereocenters. The van der Waals surface area contributed by atoms with Crippen LogP contribution in [0.4, 0.5) is 4.39 Å². The lowest BCUT2D eigenvalue weighted by Crippen LogP contribution is -2.52. The van der Waals surface area contributed by atoms with Gasteiger partial charge in [0, 0.05) is 31.7 Å². The van der Waals surface area contributed by atoms with Crippen LogP contribution >= 0.6 is 0 Å². The predicted molar refractivity (Wildman–Crippen MR) is 85.1 cm³/mol. The van der Waals surface area contributed by atoms with Crippen LogP contribution < -0.4 is 0 Å². The van der Waals surface area contributed by atoms with Crippen LogP contribution in [0.25, 0.3) is 0 Å². The average Bonchev–Trinajstić information content (AvgIpc) is 3.09. The van der Waals surface area contributed by atoms with E-state index in [0.717, 1.165) is 25.7 Å². The molecular formula is C16H21FN2O3S. The molecule has 2 aliphatic rings. The third-order valence-corrected chi connectivity index (χ3v) is 7.08. The number of carbonyl (C=O) groups excluding carboxylic acids is 1. The van der Waals surface area contributed by atoms with Gasteiger partial charge in [0.05, 0.1) is 5.25 Å². The van der Waals surface area contributed by atoms with Crippen LogP contribution in [0, 0.1) is 5.82 Å². The van der Waals surface area contributed by atoms with Gasteiger partial charge in [0.15, 0.2) is 0 Å². The third kappa shape index (κ3) is 3.40. The van der Waals surface area contributed by atoms with Crippen molar-refractivity contribution >= 4 is 15.9 Å². The summed E-state index contributed by atoms with van der Waals surface area (Å²) in [6.45, 7) is 1.34. The van der Waals surface area contributed by atoms with Gasteiger partial charge in [0.2, 0.25) is 10.0 Å². The van der Waals surface area contributed by atoms with E-state index in [0.29, 0.717) is 31.7 Å². The number of hydrogen-bond donors (Lipinski definition) is 0. The summed E-state index contributed by atoms with van der Waals surface area (Å²) in [5.41, 5.74) is 0.303. The highest BCUT2D eigenvalue weighted by atomic mass is 32.2. The lowest BCUT2D eigenvalue weighted by Gasteiger charge is -2.35. The number of amides is 1. The zero-order chi connectivity index (χ0) is 16.4. The molecule has 5 nitrogen and oxygen atoms in total. The fraction of sp³-hybridized carbons (Fsp3) is 0.562. The van der Waals surface area contributed by atoms with E-state index in [1.165, 1.54) is 22.5 Å². The van der Waals surface area contributed by atoms with E-state index in [9.17, 15) is 17.6 Å². The van der Waals surface area contributed by atoms with Gasteiger partial charge in [-0.3, -0.25) is 4.79 Å². The summed E-state index contributed by atoms with van der Waals surface area (Å²) in [4.78, 5) is 13.9. The van der Waals surface area contributed by atoms with Gasteiger partial charge in [-0.25, -0.2) is 12.8 Å². The van der Waals surface area contributed by atoms with E-state index in [1.54, 1.807) is 11.0 Å². The molecule has 1 saturated heterocycles. The molecule has 0 spiro atoms. The van der Waals surface area contributed by atoms with E-state index in [1.807, 2.05) is 0 Å². The lowest BCUT2D eigenvalue weighted by molar-refractivity contribution is 0.0697. The SMILES string of the molecule is O=C(c1cccc(F)c1)N1CCN(S(=O)(=O)C2CCCC2)CC1. The van der Waals surface area contributed by atoms with Crippen LogP contribution in [0.5, 0.6) is 0 Å². The molecule has 1 aromatic carbocycles. The Bertz CT molecular complexity index is 678. The minimum Gasteiger partial charge on any atom is -0.336 e. The fourth-order valence-corrected chi connectivity index (χ4v) is 5.37. The van der Waals surface area contributed by atoms with Crippen molar-refractivity contribution in [1.29, 1.82) is 0 Å². The zero-order valence-electron chi connectivity index (χ0n) is 12.9. The van der Waals surface area contributed by atoms with E-state index in [4.69, 9.17) is 0 Å². The number of piperazine rings is 1. The van der Waals surface area contributed by atoms with Gasteiger partial charge in [-0.15, -0.1) is 0 Å². The topological polar surface area (TPSA) is 57.7 Å². The first-order valence-corrected chi connectivity index (χ1v) is 9.52. The quantitative estimate of drug-likeness (QED) is 0.844. The summed E-state index contributed by atoms with van der Waals surface area (Å²) >= 11 is 0. The van der Waals surface area contributed by atoms with Crippen molar-refractivity contribution in [3.05, 3.63) is 35.6 Å². The second-order valence-corrected chi connectivity index (χ2v) is 8.37. The van der Waals surface area contributed by atoms with E-state index in [2.05, 4.69) is 0 Å². The van der Waals surface area contributed by atoms with Crippen LogP contribution in [0.1, 0.15) is 36.0 Å². The summed E-state index contributed by atoms with van der Waals surface area (Å²) in [7, 11) is -3.25. The van der Waals surface area contributed by atoms with E-state index >= 15 is 0 Å². The van der Waals surface area contributed by atoms with E-state index in [-0.39, 0.29) is 11.2 Å². The summed E-state index contributed by atoms with van der Waals surface area (Å²) in [6, 6.07) is 5.59. The minimum absolute atomic E-state index is 0.248. The molecule has 1 saturated carbocycles. The Labute approximate surface area is 136 Å². The normalized spacial score (nSPS) is 20.8. The highest BCUT2D eigenvalue weighted by molar-refractivity contribution is 7.89. The molecule has 0 bridgehead atoms. The lowest BCUT2D eigenvalue weighted by atomic mass is 10.2. The predicted octanol–water partition coefficient (Wildman–Crippen LogP) is 1.86.